The predicted octanol–water partition coefficient (Wildman–Crippen LogP) is 4.14. The molecule has 1 heterocycles. The van der Waals surface area contributed by atoms with Gasteiger partial charge in [-0.1, -0.05) is 35.9 Å². The summed E-state index contributed by atoms with van der Waals surface area (Å²) in [6.07, 6.45) is 0. The average Bonchev–Trinajstić information content (AvgIpc) is 2.28. The van der Waals surface area contributed by atoms with Gasteiger partial charge < -0.3 is 0 Å². The molecule has 0 radical (unpaired) electrons. The molecule has 2 aromatic carbocycles. The van der Waals surface area contributed by atoms with Crippen molar-refractivity contribution in [3.8, 4) is 0 Å². The summed E-state index contributed by atoms with van der Waals surface area (Å²) in [5, 5.41) is 3.51. The van der Waals surface area contributed by atoms with E-state index in [0.717, 1.165) is 16.2 Å². The highest BCUT2D eigenvalue weighted by molar-refractivity contribution is 6.07. The Balaban J connectivity index is 2.55. The largest absolute Gasteiger partial charge is 0.225 e. The van der Waals surface area contributed by atoms with Crippen LogP contribution in [0.15, 0.2) is 36.4 Å². The zero-order valence-electron chi connectivity index (χ0n) is 9.79. The van der Waals surface area contributed by atoms with Gasteiger partial charge in [0.15, 0.2) is 0 Å². The summed E-state index contributed by atoms with van der Waals surface area (Å²) in [4.78, 5) is 3.91. The lowest BCUT2D eigenvalue weighted by atomic mass is 10.0. The van der Waals surface area contributed by atoms with Crippen molar-refractivity contribution in [3.63, 3.8) is 0 Å². The van der Waals surface area contributed by atoms with Crippen molar-refractivity contribution in [2.75, 3.05) is 0 Å². The van der Waals surface area contributed by atoms with Gasteiger partial charge in [0.1, 0.15) is 0 Å². The minimum atomic E-state index is -0.380. The van der Waals surface area contributed by atoms with E-state index in [-0.39, 0.29) is 5.95 Å². The summed E-state index contributed by atoms with van der Waals surface area (Å²) >= 11 is 0. The smallest absolute Gasteiger partial charge is 0.221 e. The Morgan fingerprint density at radius 3 is 2.53 bits per heavy atom. The normalized spacial score (nSPS) is 11.2. The van der Waals surface area contributed by atoms with E-state index in [1.165, 1.54) is 5.56 Å². The highest BCUT2D eigenvalue weighted by Gasteiger charge is 2.07. The van der Waals surface area contributed by atoms with Gasteiger partial charge in [0.2, 0.25) is 5.95 Å². The molecule has 0 atom stereocenters. The summed E-state index contributed by atoms with van der Waals surface area (Å²) in [5.74, 6) is -0.380. The minimum Gasteiger partial charge on any atom is -0.225 e. The third kappa shape index (κ3) is 1.57. The Labute approximate surface area is 98.9 Å². The second-order valence-electron chi connectivity index (χ2n) is 4.44. The van der Waals surface area contributed by atoms with Gasteiger partial charge in [-0.3, -0.25) is 0 Å². The zero-order valence-corrected chi connectivity index (χ0v) is 9.79. The van der Waals surface area contributed by atoms with E-state index in [1.54, 1.807) is 0 Å². The number of benzene rings is 2. The topological polar surface area (TPSA) is 12.9 Å². The molecule has 3 aromatic rings. The molecular weight excluding hydrogens is 213 g/mol. The van der Waals surface area contributed by atoms with Gasteiger partial charge in [0, 0.05) is 11.1 Å². The first-order valence-electron chi connectivity index (χ1n) is 5.61. The molecule has 0 bridgehead atoms. The molecule has 0 unspecified atom stereocenters. The number of halogens is 1. The molecule has 3 rings (SSSR count). The minimum absolute atomic E-state index is 0.380. The van der Waals surface area contributed by atoms with E-state index in [2.05, 4.69) is 11.1 Å². The van der Waals surface area contributed by atoms with Crippen molar-refractivity contribution < 1.29 is 4.39 Å². The number of pyridine rings is 1. The van der Waals surface area contributed by atoms with E-state index in [4.69, 9.17) is 0 Å². The van der Waals surface area contributed by atoms with Gasteiger partial charge in [-0.05, 0) is 36.1 Å². The van der Waals surface area contributed by atoms with Gasteiger partial charge >= 0.3 is 0 Å². The van der Waals surface area contributed by atoms with E-state index in [9.17, 15) is 4.39 Å². The third-order valence-electron chi connectivity index (χ3n) is 3.05. The summed E-state index contributed by atoms with van der Waals surface area (Å²) in [6.45, 7) is 3.84. The molecule has 17 heavy (non-hydrogen) atoms. The van der Waals surface area contributed by atoms with Crippen molar-refractivity contribution in [1.29, 1.82) is 0 Å². The number of fused-ring (bicyclic) bond motifs is 3. The Hall–Kier alpha value is -1.96. The fourth-order valence-corrected chi connectivity index (χ4v) is 2.28. The van der Waals surface area contributed by atoms with Crippen LogP contribution in [0, 0.1) is 19.8 Å². The van der Waals surface area contributed by atoms with Gasteiger partial charge in [-0.25, -0.2) is 4.98 Å². The molecule has 0 aliphatic rings. The monoisotopic (exact) mass is 225 g/mol. The zero-order chi connectivity index (χ0) is 12.0. The van der Waals surface area contributed by atoms with Crippen LogP contribution in [0.4, 0.5) is 4.39 Å². The number of aryl methyl sites for hydroxylation is 2. The molecule has 84 valence electrons. The molecule has 0 spiro atoms. The summed E-state index contributed by atoms with van der Waals surface area (Å²) in [7, 11) is 0. The van der Waals surface area contributed by atoms with Gasteiger partial charge in [0.25, 0.3) is 0 Å². The number of hydrogen-bond acceptors (Lipinski definition) is 1. The molecule has 0 aliphatic carbocycles. The Kier molecular flexibility index (Phi) is 2.11. The molecule has 1 aromatic heterocycles. The molecule has 0 N–H and O–H groups in total. The van der Waals surface area contributed by atoms with Crippen LogP contribution in [0.3, 0.4) is 0 Å². The van der Waals surface area contributed by atoms with Crippen LogP contribution in [0.1, 0.15) is 11.3 Å². The molecule has 0 aliphatic heterocycles. The lowest BCUT2D eigenvalue weighted by molar-refractivity contribution is 0.594. The first kappa shape index (κ1) is 10.2. The van der Waals surface area contributed by atoms with E-state index >= 15 is 0 Å². The van der Waals surface area contributed by atoms with Crippen LogP contribution in [0.25, 0.3) is 21.5 Å². The van der Waals surface area contributed by atoms with Crippen LogP contribution in [0.2, 0.25) is 0 Å². The van der Waals surface area contributed by atoms with Crippen molar-refractivity contribution >= 4 is 21.5 Å². The molecule has 0 saturated carbocycles. The van der Waals surface area contributed by atoms with Crippen molar-refractivity contribution in [2.45, 2.75) is 13.8 Å². The summed E-state index contributed by atoms with van der Waals surface area (Å²) < 4.78 is 14.0. The fraction of sp³-hybridized carbons (Fsp3) is 0.133. The maximum atomic E-state index is 14.0. The Morgan fingerprint density at radius 2 is 1.71 bits per heavy atom. The second-order valence-corrected chi connectivity index (χ2v) is 4.44. The van der Waals surface area contributed by atoms with E-state index in [1.807, 2.05) is 44.2 Å². The van der Waals surface area contributed by atoms with Gasteiger partial charge in [0.05, 0.1) is 0 Å². The molecule has 0 saturated heterocycles. The number of aromatic nitrogens is 1. The molecule has 1 nitrogen and oxygen atoms in total. The quantitative estimate of drug-likeness (QED) is 0.414. The average molecular weight is 225 g/mol. The summed E-state index contributed by atoms with van der Waals surface area (Å²) in [5.41, 5.74) is 1.89. The molecule has 2 heteroatoms. The second kappa shape index (κ2) is 3.52. The fourth-order valence-electron chi connectivity index (χ4n) is 2.28. The standard InChI is InChI=1S/C15H12FN/c1-9-3-6-13-11(7-9)4-5-12-8-10(2)17-15(16)14(12)13/h3-8H,1-2H3. The van der Waals surface area contributed by atoms with E-state index in [0.29, 0.717) is 11.1 Å². The lowest BCUT2D eigenvalue weighted by Gasteiger charge is -2.06. The van der Waals surface area contributed by atoms with Gasteiger partial charge in [-0.2, -0.15) is 4.39 Å². The third-order valence-corrected chi connectivity index (χ3v) is 3.05. The first-order chi connectivity index (χ1) is 8.15. The maximum absolute atomic E-state index is 14.0. The number of hydrogen-bond donors (Lipinski definition) is 0. The highest BCUT2D eigenvalue weighted by atomic mass is 19.1. The Bertz CT molecular complexity index is 732. The van der Waals surface area contributed by atoms with Crippen molar-refractivity contribution in [3.05, 3.63) is 53.6 Å². The lowest BCUT2D eigenvalue weighted by Crippen LogP contribution is -1.90. The molecular formula is C15H12FN. The van der Waals surface area contributed by atoms with Crippen LogP contribution in [0.5, 0.6) is 0 Å². The predicted molar refractivity (Wildman–Crippen MR) is 68.7 cm³/mol. The maximum Gasteiger partial charge on any atom is 0.221 e. The number of nitrogens with zero attached hydrogens (tertiary/aromatic N) is 1. The van der Waals surface area contributed by atoms with Crippen LogP contribution < -0.4 is 0 Å². The summed E-state index contributed by atoms with van der Waals surface area (Å²) in [6, 6.07) is 11.9. The number of rotatable bonds is 0. The van der Waals surface area contributed by atoms with Crippen molar-refractivity contribution in [2.24, 2.45) is 0 Å². The molecule has 0 fully saturated rings. The van der Waals surface area contributed by atoms with Crippen molar-refractivity contribution in [1.82, 2.24) is 4.98 Å². The van der Waals surface area contributed by atoms with Crippen LogP contribution >= 0.6 is 0 Å². The molecule has 0 amide bonds. The van der Waals surface area contributed by atoms with Gasteiger partial charge in [-0.15, -0.1) is 0 Å². The van der Waals surface area contributed by atoms with Crippen LogP contribution in [-0.2, 0) is 0 Å². The SMILES string of the molecule is Cc1ccc2c(ccc3cc(C)nc(F)c32)c1. The highest BCUT2D eigenvalue weighted by Crippen LogP contribution is 2.27. The Morgan fingerprint density at radius 1 is 0.941 bits per heavy atom. The van der Waals surface area contributed by atoms with Crippen LogP contribution in [-0.4, -0.2) is 4.98 Å². The van der Waals surface area contributed by atoms with E-state index < -0.39 is 0 Å². The first-order valence-corrected chi connectivity index (χ1v) is 5.61.